The highest BCUT2D eigenvalue weighted by molar-refractivity contribution is 5.47. The maximum absolute atomic E-state index is 4.54. The second-order valence-corrected chi connectivity index (χ2v) is 4.32. The van der Waals surface area contributed by atoms with Crippen LogP contribution in [0, 0.1) is 0 Å². The third-order valence-electron chi connectivity index (χ3n) is 3.21. The molecule has 1 aliphatic carbocycles. The minimum Gasteiger partial charge on any atom is -0.380 e. The third-order valence-corrected chi connectivity index (χ3v) is 3.21. The molecular formula is C12H21N3. The fraction of sp³-hybridized carbons (Fsp3) is 0.750. The second kappa shape index (κ2) is 4.69. The summed E-state index contributed by atoms with van der Waals surface area (Å²) in [7, 11) is 0. The van der Waals surface area contributed by atoms with E-state index in [-0.39, 0.29) is 0 Å². The second-order valence-electron chi connectivity index (χ2n) is 4.32. The molecule has 0 saturated heterocycles. The van der Waals surface area contributed by atoms with Gasteiger partial charge in [0.2, 0.25) is 0 Å². The summed E-state index contributed by atoms with van der Waals surface area (Å²) in [5, 5.41) is 8.18. The first-order valence-electron chi connectivity index (χ1n) is 6.16. The number of nitrogens with one attached hydrogen (secondary N) is 1. The van der Waals surface area contributed by atoms with Crippen LogP contribution < -0.4 is 5.32 Å². The number of rotatable bonds is 4. The molecule has 0 radical (unpaired) electrons. The van der Waals surface area contributed by atoms with Gasteiger partial charge in [-0.05, 0) is 26.2 Å². The predicted octanol–water partition coefficient (Wildman–Crippen LogP) is 2.82. The van der Waals surface area contributed by atoms with E-state index in [0.29, 0.717) is 6.04 Å². The smallest absolute Gasteiger partial charge is 0.0853 e. The van der Waals surface area contributed by atoms with Crippen LogP contribution in [0.1, 0.15) is 45.2 Å². The third kappa shape index (κ3) is 2.33. The van der Waals surface area contributed by atoms with Crippen LogP contribution in [0.15, 0.2) is 6.20 Å². The molecule has 0 aliphatic heterocycles. The first-order valence-corrected chi connectivity index (χ1v) is 6.16. The highest BCUT2D eigenvalue weighted by Crippen LogP contribution is 2.24. The quantitative estimate of drug-likeness (QED) is 0.822. The number of hydrogen-bond donors (Lipinski definition) is 1. The lowest BCUT2D eigenvalue weighted by Gasteiger charge is -2.12. The zero-order chi connectivity index (χ0) is 10.7. The summed E-state index contributed by atoms with van der Waals surface area (Å²) in [5.74, 6) is 0. The molecule has 2 rings (SSSR count). The van der Waals surface area contributed by atoms with Gasteiger partial charge in [-0.3, -0.25) is 4.68 Å². The van der Waals surface area contributed by atoms with E-state index in [1.165, 1.54) is 37.1 Å². The van der Waals surface area contributed by atoms with E-state index >= 15 is 0 Å². The average molecular weight is 207 g/mol. The maximum Gasteiger partial charge on any atom is 0.0853 e. The van der Waals surface area contributed by atoms with Crippen molar-refractivity contribution in [3.8, 4) is 0 Å². The first-order chi connectivity index (χ1) is 7.33. The van der Waals surface area contributed by atoms with Crippen LogP contribution in [-0.2, 0) is 13.0 Å². The summed E-state index contributed by atoms with van der Waals surface area (Å²) < 4.78 is 2.02. The van der Waals surface area contributed by atoms with Gasteiger partial charge in [0.1, 0.15) is 0 Å². The van der Waals surface area contributed by atoms with E-state index in [0.717, 1.165) is 13.0 Å². The Balaban J connectivity index is 2.07. The Morgan fingerprint density at radius 3 is 2.73 bits per heavy atom. The molecule has 1 aromatic rings. The van der Waals surface area contributed by atoms with Crippen molar-refractivity contribution in [2.24, 2.45) is 0 Å². The van der Waals surface area contributed by atoms with Crippen molar-refractivity contribution in [3.05, 3.63) is 11.9 Å². The van der Waals surface area contributed by atoms with Gasteiger partial charge in [0.25, 0.3) is 0 Å². The Hall–Kier alpha value is -0.990. The van der Waals surface area contributed by atoms with Crippen LogP contribution in [0.25, 0.3) is 0 Å². The highest BCUT2D eigenvalue weighted by Gasteiger charge is 2.16. The maximum atomic E-state index is 4.54. The van der Waals surface area contributed by atoms with Crippen molar-refractivity contribution in [1.29, 1.82) is 0 Å². The number of nitrogens with zero attached hydrogens (tertiary/aromatic N) is 2. The molecule has 0 aromatic carbocycles. The fourth-order valence-corrected chi connectivity index (χ4v) is 2.30. The average Bonchev–Trinajstić information content (AvgIpc) is 2.87. The Morgan fingerprint density at radius 2 is 2.13 bits per heavy atom. The Bertz CT molecular complexity index is 311. The molecule has 1 aromatic heterocycles. The molecule has 1 aliphatic rings. The van der Waals surface area contributed by atoms with Crippen molar-refractivity contribution < 1.29 is 0 Å². The molecule has 15 heavy (non-hydrogen) atoms. The van der Waals surface area contributed by atoms with Gasteiger partial charge in [0, 0.05) is 18.8 Å². The van der Waals surface area contributed by atoms with Gasteiger partial charge in [-0.25, -0.2) is 0 Å². The monoisotopic (exact) mass is 207 g/mol. The van der Waals surface area contributed by atoms with Gasteiger partial charge in [0.15, 0.2) is 0 Å². The zero-order valence-corrected chi connectivity index (χ0v) is 9.79. The van der Waals surface area contributed by atoms with E-state index in [1.807, 2.05) is 4.68 Å². The van der Waals surface area contributed by atoms with Crippen LogP contribution in [0.4, 0.5) is 5.69 Å². The molecule has 3 heteroatoms. The zero-order valence-electron chi connectivity index (χ0n) is 9.79. The molecule has 1 fully saturated rings. The molecule has 1 N–H and O–H groups in total. The summed E-state index contributed by atoms with van der Waals surface area (Å²) in [6.45, 7) is 5.26. The van der Waals surface area contributed by atoms with Gasteiger partial charge in [-0.1, -0.05) is 19.8 Å². The molecule has 0 unspecified atom stereocenters. The SMILES string of the molecule is CCc1nn(CC)cc1NC1CCCC1. The van der Waals surface area contributed by atoms with Gasteiger partial charge in [-0.15, -0.1) is 0 Å². The normalized spacial score (nSPS) is 17.2. The largest absolute Gasteiger partial charge is 0.380 e. The van der Waals surface area contributed by atoms with Crippen LogP contribution in [0.3, 0.4) is 0 Å². The van der Waals surface area contributed by atoms with Crippen LogP contribution in [0.5, 0.6) is 0 Å². The van der Waals surface area contributed by atoms with E-state index < -0.39 is 0 Å². The van der Waals surface area contributed by atoms with Crippen molar-refractivity contribution in [2.45, 2.75) is 58.5 Å². The lowest BCUT2D eigenvalue weighted by Crippen LogP contribution is -2.14. The van der Waals surface area contributed by atoms with Crippen molar-refractivity contribution in [3.63, 3.8) is 0 Å². The minimum absolute atomic E-state index is 0.685. The molecule has 0 spiro atoms. The fourth-order valence-electron chi connectivity index (χ4n) is 2.30. The van der Waals surface area contributed by atoms with Crippen molar-refractivity contribution in [1.82, 2.24) is 9.78 Å². The molecule has 0 atom stereocenters. The Kier molecular flexibility index (Phi) is 3.29. The molecule has 0 bridgehead atoms. The van der Waals surface area contributed by atoms with Crippen molar-refractivity contribution >= 4 is 5.69 Å². The molecule has 3 nitrogen and oxygen atoms in total. The first kappa shape index (κ1) is 10.5. The van der Waals surface area contributed by atoms with Gasteiger partial charge in [-0.2, -0.15) is 5.10 Å². The topological polar surface area (TPSA) is 29.9 Å². The summed E-state index contributed by atoms with van der Waals surface area (Å²) in [6.07, 6.45) is 8.56. The number of aromatic nitrogens is 2. The van der Waals surface area contributed by atoms with Crippen LogP contribution in [0.2, 0.25) is 0 Å². The molecular weight excluding hydrogens is 186 g/mol. The van der Waals surface area contributed by atoms with E-state index in [2.05, 4.69) is 30.5 Å². The Labute approximate surface area is 91.9 Å². The predicted molar refractivity (Wildman–Crippen MR) is 63.2 cm³/mol. The molecule has 0 amide bonds. The van der Waals surface area contributed by atoms with Gasteiger partial charge >= 0.3 is 0 Å². The van der Waals surface area contributed by atoms with E-state index in [1.54, 1.807) is 0 Å². The summed E-state index contributed by atoms with van der Waals surface area (Å²) in [5.41, 5.74) is 2.47. The molecule has 84 valence electrons. The highest BCUT2D eigenvalue weighted by atomic mass is 15.3. The minimum atomic E-state index is 0.685. The summed E-state index contributed by atoms with van der Waals surface area (Å²) >= 11 is 0. The Morgan fingerprint density at radius 1 is 1.40 bits per heavy atom. The van der Waals surface area contributed by atoms with Crippen LogP contribution >= 0.6 is 0 Å². The van der Waals surface area contributed by atoms with Crippen molar-refractivity contribution in [2.75, 3.05) is 5.32 Å². The van der Waals surface area contributed by atoms with E-state index in [4.69, 9.17) is 0 Å². The lowest BCUT2D eigenvalue weighted by atomic mass is 10.2. The number of anilines is 1. The summed E-state index contributed by atoms with van der Waals surface area (Å²) in [6, 6.07) is 0.685. The van der Waals surface area contributed by atoms with E-state index in [9.17, 15) is 0 Å². The lowest BCUT2D eigenvalue weighted by molar-refractivity contribution is 0.648. The summed E-state index contributed by atoms with van der Waals surface area (Å²) in [4.78, 5) is 0. The molecule has 1 saturated carbocycles. The molecule has 1 heterocycles. The van der Waals surface area contributed by atoms with Gasteiger partial charge in [0.05, 0.1) is 11.4 Å². The number of aryl methyl sites for hydroxylation is 2. The van der Waals surface area contributed by atoms with Crippen LogP contribution in [-0.4, -0.2) is 15.8 Å². The number of hydrogen-bond acceptors (Lipinski definition) is 2. The van der Waals surface area contributed by atoms with Gasteiger partial charge < -0.3 is 5.32 Å². The standard InChI is InChI=1S/C12H21N3/c1-3-11-12(9-15(4-2)14-11)13-10-7-5-6-8-10/h9-10,13H,3-8H2,1-2H3.